The van der Waals surface area contributed by atoms with E-state index >= 15 is 0 Å². The van der Waals surface area contributed by atoms with Gasteiger partial charge in [0.1, 0.15) is 5.75 Å². The Kier molecular flexibility index (Phi) is 3.77. The molecule has 90 valence electrons. The van der Waals surface area contributed by atoms with Gasteiger partial charge in [-0.15, -0.1) is 13.2 Å². The monoisotopic (exact) mass is 235 g/mol. The first-order chi connectivity index (χ1) is 7.29. The lowest BCUT2D eigenvalue weighted by Crippen LogP contribution is -2.24. The normalized spacial score (nSPS) is 15.6. The van der Waals surface area contributed by atoms with Crippen LogP contribution in [0.4, 0.5) is 13.2 Å². The van der Waals surface area contributed by atoms with Gasteiger partial charge >= 0.3 is 6.36 Å². The number of alkyl halides is 3. The van der Waals surface area contributed by atoms with Crippen molar-refractivity contribution >= 4 is 0 Å². The summed E-state index contributed by atoms with van der Waals surface area (Å²) in [5, 5.41) is 9.56. The van der Waals surface area contributed by atoms with E-state index in [0.29, 0.717) is 0 Å². The van der Waals surface area contributed by atoms with Crippen molar-refractivity contribution in [2.45, 2.75) is 25.4 Å². The molecule has 2 atom stereocenters. The van der Waals surface area contributed by atoms with Gasteiger partial charge < -0.3 is 15.6 Å². The lowest BCUT2D eigenvalue weighted by molar-refractivity contribution is -0.274. The van der Waals surface area contributed by atoms with Crippen molar-refractivity contribution in [3.05, 3.63) is 29.8 Å². The summed E-state index contributed by atoms with van der Waals surface area (Å²) in [6.07, 6.45) is -5.76. The summed E-state index contributed by atoms with van der Waals surface area (Å²) in [6, 6.07) is 4.55. The van der Waals surface area contributed by atoms with Gasteiger partial charge in [-0.25, -0.2) is 0 Å². The highest BCUT2D eigenvalue weighted by molar-refractivity contribution is 5.30. The van der Waals surface area contributed by atoms with Crippen molar-refractivity contribution < 1.29 is 23.0 Å². The molecule has 0 aromatic heterocycles. The quantitative estimate of drug-likeness (QED) is 0.842. The van der Waals surface area contributed by atoms with Crippen LogP contribution in [-0.4, -0.2) is 17.5 Å². The van der Waals surface area contributed by atoms with Crippen LogP contribution in [0.2, 0.25) is 0 Å². The fourth-order valence-corrected chi connectivity index (χ4v) is 1.20. The smallest absolute Gasteiger partial charge is 0.406 e. The van der Waals surface area contributed by atoms with Crippen LogP contribution in [0, 0.1) is 0 Å². The highest BCUT2D eigenvalue weighted by atomic mass is 19.4. The number of nitrogens with two attached hydrogens (primary N) is 1. The number of aliphatic hydroxyl groups is 1. The molecule has 6 heteroatoms. The molecule has 1 aromatic rings. The summed E-state index contributed by atoms with van der Waals surface area (Å²) < 4.78 is 39.5. The molecule has 3 N–H and O–H groups in total. The Morgan fingerprint density at radius 2 is 2.00 bits per heavy atom. The molecule has 1 aromatic carbocycles. The second kappa shape index (κ2) is 4.71. The van der Waals surface area contributed by atoms with E-state index in [4.69, 9.17) is 5.73 Å². The molecule has 0 saturated heterocycles. The molecule has 0 fully saturated rings. The Bertz CT molecular complexity index is 352. The van der Waals surface area contributed by atoms with Gasteiger partial charge in [-0.1, -0.05) is 12.1 Å². The van der Waals surface area contributed by atoms with Crippen LogP contribution in [0.3, 0.4) is 0 Å². The molecule has 0 radical (unpaired) electrons. The maximum Gasteiger partial charge on any atom is 0.573 e. The molecule has 0 unspecified atom stereocenters. The Morgan fingerprint density at radius 1 is 1.38 bits per heavy atom. The number of benzene rings is 1. The summed E-state index contributed by atoms with van der Waals surface area (Å²) in [5.74, 6) is -0.371. The van der Waals surface area contributed by atoms with Crippen molar-refractivity contribution in [3.8, 4) is 5.75 Å². The van der Waals surface area contributed by atoms with Gasteiger partial charge in [0.15, 0.2) is 0 Å². The van der Waals surface area contributed by atoms with Crippen molar-refractivity contribution in [2.75, 3.05) is 0 Å². The van der Waals surface area contributed by atoms with Crippen molar-refractivity contribution in [3.63, 3.8) is 0 Å². The molecule has 0 spiro atoms. The summed E-state index contributed by atoms with van der Waals surface area (Å²) >= 11 is 0. The topological polar surface area (TPSA) is 55.5 Å². The van der Waals surface area contributed by atoms with Gasteiger partial charge in [-0.3, -0.25) is 0 Å². The first-order valence-electron chi connectivity index (χ1n) is 4.59. The molecule has 0 aliphatic heterocycles. The van der Waals surface area contributed by atoms with Gasteiger partial charge in [0.25, 0.3) is 0 Å². The molecule has 0 aliphatic rings. The Labute approximate surface area is 90.6 Å². The van der Waals surface area contributed by atoms with Gasteiger partial charge in [0.2, 0.25) is 0 Å². The van der Waals surface area contributed by atoms with E-state index in [1.54, 1.807) is 6.92 Å². The predicted molar refractivity (Wildman–Crippen MR) is 51.7 cm³/mol. The predicted octanol–water partition coefficient (Wildman–Crippen LogP) is 1.97. The number of halogens is 3. The van der Waals surface area contributed by atoms with Gasteiger partial charge in [0, 0.05) is 6.04 Å². The number of hydrogen-bond donors (Lipinski definition) is 2. The molecular weight excluding hydrogens is 223 g/mol. The highest BCUT2D eigenvalue weighted by Gasteiger charge is 2.31. The fraction of sp³-hybridized carbons (Fsp3) is 0.400. The molecule has 1 rings (SSSR count). The highest BCUT2D eigenvalue weighted by Crippen LogP contribution is 2.26. The zero-order valence-corrected chi connectivity index (χ0v) is 8.53. The van der Waals surface area contributed by atoms with Gasteiger partial charge in [-0.2, -0.15) is 0 Å². The van der Waals surface area contributed by atoms with E-state index in [9.17, 15) is 18.3 Å². The third kappa shape index (κ3) is 3.71. The minimum Gasteiger partial charge on any atom is -0.406 e. The molecule has 0 heterocycles. The average Bonchev–Trinajstić information content (AvgIpc) is 2.14. The Hall–Kier alpha value is -1.27. The zero-order chi connectivity index (χ0) is 12.3. The number of hydrogen-bond acceptors (Lipinski definition) is 3. The minimum absolute atomic E-state index is 0.289. The molecule has 0 bridgehead atoms. The summed E-state index contributed by atoms with van der Waals surface area (Å²) in [7, 11) is 0. The lowest BCUT2D eigenvalue weighted by atomic mass is 10.0. The van der Waals surface area contributed by atoms with E-state index in [0.717, 1.165) is 12.1 Å². The fourth-order valence-electron chi connectivity index (χ4n) is 1.20. The first-order valence-corrected chi connectivity index (χ1v) is 4.59. The van der Waals surface area contributed by atoms with Gasteiger partial charge in [0.05, 0.1) is 6.10 Å². The summed E-state index contributed by atoms with van der Waals surface area (Å²) in [6.45, 7) is 1.56. The molecule has 16 heavy (non-hydrogen) atoms. The van der Waals surface area contributed by atoms with Crippen LogP contribution in [0.25, 0.3) is 0 Å². The largest absolute Gasteiger partial charge is 0.573 e. The van der Waals surface area contributed by atoms with Crippen LogP contribution in [-0.2, 0) is 0 Å². The Morgan fingerprint density at radius 3 is 2.50 bits per heavy atom. The summed E-state index contributed by atoms with van der Waals surface area (Å²) in [4.78, 5) is 0. The van der Waals surface area contributed by atoms with E-state index in [1.165, 1.54) is 12.1 Å². The van der Waals surface area contributed by atoms with E-state index < -0.39 is 18.5 Å². The number of aliphatic hydroxyl groups excluding tert-OH is 1. The van der Waals surface area contributed by atoms with Gasteiger partial charge in [-0.05, 0) is 24.6 Å². The van der Waals surface area contributed by atoms with E-state index in [2.05, 4.69) is 4.74 Å². The van der Waals surface area contributed by atoms with Crippen molar-refractivity contribution in [1.29, 1.82) is 0 Å². The van der Waals surface area contributed by atoms with Crippen LogP contribution in [0.5, 0.6) is 5.75 Å². The molecule has 3 nitrogen and oxygen atoms in total. The van der Waals surface area contributed by atoms with Crippen molar-refractivity contribution in [1.82, 2.24) is 0 Å². The van der Waals surface area contributed by atoms with E-state index in [-0.39, 0.29) is 11.3 Å². The third-order valence-electron chi connectivity index (χ3n) is 1.93. The second-order valence-corrected chi connectivity index (χ2v) is 3.42. The zero-order valence-electron chi connectivity index (χ0n) is 8.53. The van der Waals surface area contributed by atoms with Crippen LogP contribution < -0.4 is 10.5 Å². The standard InChI is InChI=1S/C10H12F3NO2/c1-6(14)9(15)7-3-2-4-8(5-7)16-10(11,12)13/h2-6,9,15H,14H2,1H3/t6-,9-/m0/s1. The number of ether oxygens (including phenoxy) is 1. The van der Waals surface area contributed by atoms with Crippen LogP contribution >= 0.6 is 0 Å². The first kappa shape index (κ1) is 12.8. The van der Waals surface area contributed by atoms with E-state index in [1.807, 2.05) is 0 Å². The lowest BCUT2D eigenvalue weighted by Gasteiger charge is -2.16. The minimum atomic E-state index is -4.74. The SMILES string of the molecule is C[C@H](N)[C@H](O)c1cccc(OC(F)(F)F)c1. The maximum atomic E-state index is 11.9. The Balaban J connectivity index is 2.87. The van der Waals surface area contributed by atoms with Crippen molar-refractivity contribution in [2.24, 2.45) is 5.73 Å². The maximum absolute atomic E-state index is 11.9. The molecular formula is C10H12F3NO2. The van der Waals surface area contributed by atoms with Crippen LogP contribution in [0.15, 0.2) is 24.3 Å². The molecule has 0 amide bonds. The average molecular weight is 235 g/mol. The molecule has 0 aliphatic carbocycles. The second-order valence-electron chi connectivity index (χ2n) is 3.42. The third-order valence-corrected chi connectivity index (χ3v) is 1.93. The number of rotatable bonds is 3. The van der Waals surface area contributed by atoms with Crippen LogP contribution in [0.1, 0.15) is 18.6 Å². The molecule has 0 saturated carbocycles. The summed E-state index contributed by atoms with van der Waals surface area (Å²) in [5.41, 5.74) is 5.72.